The van der Waals surface area contributed by atoms with Crippen molar-refractivity contribution in [2.75, 3.05) is 19.9 Å². The maximum atomic E-state index is 12.5. The van der Waals surface area contributed by atoms with Crippen molar-refractivity contribution in [2.45, 2.75) is 52.1 Å². The van der Waals surface area contributed by atoms with Gasteiger partial charge in [0.1, 0.15) is 0 Å². The summed E-state index contributed by atoms with van der Waals surface area (Å²) in [6, 6.07) is 6.95. The summed E-state index contributed by atoms with van der Waals surface area (Å²) in [6.45, 7) is 8.60. The van der Waals surface area contributed by atoms with Crippen LogP contribution in [0.3, 0.4) is 0 Å². The summed E-state index contributed by atoms with van der Waals surface area (Å²) in [5.74, 6) is 2.38. The van der Waals surface area contributed by atoms with Gasteiger partial charge in [0.2, 0.25) is 12.7 Å². The summed E-state index contributed by atoms with van der Waals surface area (Å²) < 4.78 is 10.9. The zero-order chi connectivity index (χ0) is 18.3. The second kappa shape index (κ2) is 6.74. The van der Waals surface area contributed by atoms with Crippen LogP contribution in [0, 0.1) is 11.3 Å². The number of ether oxygens (including phenoxy) is 2. The van der Waals surface area contributed by atoms with E-state index in [1.165, 1.54) is 5.56 Å². The Labute approximate surface area is 155 Å². The maximum Gasteiger partial charge on any atom is 0.231 e. The SMILES string of the molecule is CC1NNC(C)C1CN1CC(C)(Cc2ccc3c(c2)OCO3)CCC1=O. The van der Waals surface area contributed by atoms with Crippen molar-refractivity contribution in [2.24, 2.45) is 11.3 Å². The van der Waals surface area contributed by atoms with Crippen LogP contribution in [-0.4, -0.2) is 42.8 Å². The van der Waals surface area contributed by atoms with Gasteiger partial charge in [0.15, 0.2) is 11.5 Å². The average Bonchev–Trinajstić information content (AvgIpc) is 3.19. The number of rotatable bonds is 4. The Morgan fingerprint density at radius 1 is 1.19 bits per heavy atom. The van der Waals surface area contributed by atoms with E-state index in [4.69, 9.17) is 9.47 Å². The van der Waals surface area contributed by atoms with Crippen molar-refractivity contribution in [3.05, 3.63) is 23.8 Å². The Balaban J connectivity index is 1.45. The summed E-state index contributed by atoms with van der Waals surface area (Å²) in [5, 5.41) is 0. The summed E-state index contributed by atoms with van der Waals surface area (Å²) in [6.07, 6.45) is 2.51. The van der Waals surface area contributed by atoms with E-state index < -0.39 is 0 Å². The second-order valence-electron chi connectivity index (χ2n) is 8.48. The molecule has 142 valence electrons. The third-order valence-electron chi connectivity index (χ3n) is 6.19. The lowest BCUT2D eigenvalue weighted by atomic mass is 9.76. The van der Waals surface area contributed by atoms with Gasteiger partial charge in [-0.2, -0.15) is 0 Å². The Kier molecular flexibility index (Phi) is 4.57. The number of carbonyl (C=O) groups excluding carboxylic acids is 1. The van der Waals surface area contributed by atoms with E-state index in [1.807, 2.05) is 6.07 Å². The first-order chi connectivity index (χ1) is 12.4. The molecule has 1 aromatic rings. The normalized spacial score (nSPS) is 33.7. The minimum Gasteiger partial charge on any atom is -0.454 e. The highest BCUT2D eigenvalue weighted by Crippen LogP contribution is 2.38. The van der Waals surface area contributed by atoms with Crippen molar-refractivity contribution < 1.29 is 14.3 Å². The number of nitrogens with zero attached hydrogens (tertiary/aromatic N) is 1. The van der Waals surface area contributed by atoms with Crippen LogP contribution in [0.1, 0.15) is 39.2 Å². The molecule has 6 nitrogen and oxygen atoms in total. The van der Waals surface area contributed by atoms with Crippen molar-refractivity contribution in [3.63, 3.8) is 0 Å². The highest BCUT2D eigenvalue weighted by atomic mass is 16.7. The zero-order valence-corrected chi connectivity index (χ0v) is 15.9. The molecule has 0 aromatic heterocycles. The molecule has 26 heavy (non-hydrogen) atoms. The average molecular weight is 359 g/mol. The monoisotopic (exact) mass is 359 g/mol. The van der Waals surface area contributed by atoms with E-state index in [9.17, 15) is 4.79 Å². The van der Waals surface area contributed by atoms with Gasteiger partial charge in [-0.15, -0.1) is 0 Å². The molecule has 0 bridgehead atoms. The molecule has 3 heterocycles. The largest absolute Gasteiger partial charge is 0.454 e. The number of nitrogens with one attached hydrogen (secondary N) is 2. The van der Waals surface area contributed by atoms with E-state index in [0.29, 0.717) is 37.1 Å². The number of hydrogen-bond donors (Lipinski definition) is 2. The number of hydrazine groups is 1. The molecule has 2 fully saturated rings. The lowest BCUT2D eigenvalue weighted by Gasteiger charge is -2.42. The Hall–Kier alpha value is -1.79. The molecule has 4 rings (SSSR count). The third kappa shape index (κ3) is 3.40. The van der Waals surface area contributed by atoms with E-state index >= 15 is 0 Å². The van der Waals surface area contributed by atoms with Crippen LogP contribution in [-0.2, 0) is 11.2 Å². The smallest absolute Gasteiger partial charge is 0.231 e. The number of fused-ring (bicyclic) bond motifs is 1. The molecule has 3 aliphatic heterocycles. The van der Waals surface area contributed by atoms with Crippen LogP contribution in [0.5, 0.6) is 11.5 Å². The van der Waals surface area contributed by atoms with Crippen LogP contribution >= 0.6 is 0 Å². The summed E-state index contributed by atoms with van der Waals surface area (Å²) in [4.78, 5) is 14.6. The predicted molar refractivity (Wildman–Crippen MR) is 98.9 cm³/mol. The van der Waals surface area contributed by atoms with Crippen LogP contribution in [0.25, 0.3) is 0 Å². The fourth-order valence-corrected chi connectivity index (χ4v) is 4.53. The number of carbonyl (C=O) groups is 1. The zero-order valence-electron chi connectivity index (χ0n) is 15.9. The molecule has 0 spiro atoms. The highest BCUT2D eigenvalue weighted by molar-refractivity contribution is 5.77. The Morgan fingerprint density at radius 2 is 1.92 bits per heavy atom. The molecule has 3 atom stereocenters. The van der Waals surface area contributed by atoms with Crippen LogP contribution in [0.2, 0.25) is 0 Å². The van der Waals surface area contributed by atoms with Gasteiger partial charge in [-0.05, 0) is 49.8 Å². The standard InChI is InChI=1S/C20H29N3O3/c1-13-16(14(2)22-21-13)10-23-11-20(3,7-6-19(23)24)9-15-4-5-17-18(8-15)26-12-25-17/h4-5,8,13-14,16,21-22H,6-7,9-12H2,1-3H3. The lowest BCUT2D eigenvalue weighted by molar-refractivity contribution is -0.138. The summed E-state index contributed by atoms with van der Waals surface area (Å²) in [7, 11) is 0. The van der Waals surface area contributed by atoms with E-state index in [1.54, 1.807) is 0 Å². The number of likely N-dealkylation sites (tertiary alicyclic amines) is 1. The maximum absolute atomic E-state index is 12.5. The first-order valence-corrected chi connectivity index (χ1v) is 9.61. The topological polar surface area (TPSA) is 62.8 Å². The predicted octanol–water partition coefficient (Wildman–Crippen LogP) is 2.09. The molecule has 2 N–H and O–H groups in total. The van der Waals surface area contributed by atoms with Gasteiger partial charge in [0.05, 0.1) is 0 Å². The molecule has 6 heteroatoms. The van der Waals surface area contributed by atoms with E-state index in [2.05, 4.69) is 48.7 Å². The van der Waals surface area contributed by atoms with Crippen molar-refractivity contribution in [3.8, 4) is 11.5 Å². The molecule has 0 radical (unpaired) electrons. The van der Waals surface area contributed by atoms with Gasteiger partial charge in [-0.1, -0.05) is 13.0 Å². The van der Waals surface area contributed by atoms with Gasteiger partial charge in [-0.25, -0.2) is 0 Å². The Bertz CT molecular complexity index is 685. The second-order valence-corrected chi connectivity index (χ2v) is 8.48. The first-order valence-electron chi connectivity index (χ1n) is 9.61. The summed E-state index contributed by atoms with van der Waals surface area (Å²) in [5.41, 5.74) is 7.93. The lowest BCUT2D eigenvalue weighted by Crippen LogP contribution is -2.49. The van der Waals surface area contributed by atoms with Crippen molar-refractivity contribution in [1.29, 1.82) is 0 Å². The quantitative estimate of drug-likeness (QED) is 0.862. The molecule has 0 aliphatic carbocycles. The Morgan fingerprint density at radius 3 is 2.69 bits per heavy atom. The molecule has 1 aromatic carbocycles. The number of piperidine rings is 1. The van der Waals surface area contributed by atoms with Crippen LogP contribution in [0.15, 0.2) is 18.2 Å². The number of amides is 1. The molecule has 3 aliphatic rings. The number of benzene rings is 1. The van der Waals surface area contributed by atoms with Crippen molar-refractivity contribution in [1.82, 2.24) is 15.8 Å². The molecule has 1 amide bonds. The van der Waals surface area contributed by atoms with Crippen molar-refractivity contribution >= 4 is 5.91 Å². The van der Waals surface area contributed by atoms with E-state index in [-0.39, 0.29) is 5.41 Å². The summed E-state index contributed by atoms with van der Waals surface area (Å²) >= 11 is 0. The minimum absolute atomic E-state index is 0.0908. The van der Waals surface area contributed by atoms with E-state index in [0.717, 1.165) is 37.4 Å². The number of hydrogen-bond acceptors (Lipinski definition) is 5. The molecule has 3 unspecified atom stereocenters. The van der Waals surface area contributed by atoms with Gasteiger partial charge < -0.3 is 14.4 Å². The molecular weight excluding hydrogens is 330 g/mol. The molecule has 2 saturated heterocycles. The van der Waals surface area contributed by atoms with Gasteiger partial charge in [0, 0.05) is 37.5 Å². The third-order valence-corrected chi connectivity index (χ3v) is 6.19. The van der Waals surface area contributed by atoms with Gasteiger partial charge in [0.25, 0.3) is 0 Å². The van der Waals surface area contributed by atoms with Gasteiger partial charge >= 0.3 is 0 Å². The fraction of sp³-hybridized carbons (Fsp3) is 0.650. The molecular formula is C20H29N3O3. The highest BCUT2D eigenvalue weighted by Gasteiger charge is 2.39. The van der Waals surface area contributed by atoms with Crippen LogP contribution in [0.4, 0.5) is 0 Å². The fourth-order valence-electron chi connectivity index (χ4n) is 4.53. The molecule has 0 saturated carbocycles. The first kappa shape index (κ1) is 17.6. The van der Waals surface area contributed by atoms with Crippen LogP contribution < -0.4 is 20.3 Å². The minimum atomic E-state index is 0.0908. The van der Waals surface area contributed by atoms with Gasteiger partial charge in [-0.3, -0.25) is 15.6 Å².